The lowest BCUT2D eigenvalue weighted by molar-refractivity contribution is -0.143. The summed E-state index contributed by atoms with van der Waals surface area (Å²) in [7, 11) is 0. The lowest BCUT2D eigenvalue weighted by atomic mass is 9.96. The van der Waals surface area contributed by atoms with Crippen LogP contribution in [0.2, 0.25) is 5.02 Å². The number of benzene rings is 3. The van der Waals surface area contributed by atoms with Gasteiger partial charge in [-0.3, -0.25) is 9.36 Å². The highest BCUT2D eigenvalue weighted by Gasteiger charge is 2.33. The van der Waals surface area contributed by atoms with Crippen molar-refractivity contribution < 1.29 is 14.3 Å². The van der Waals surface area contributed by atoms with Crippen LogP contribution in [0, 0.1) is 11.3 Å². The Kier molecular flexibility index (Phi) is 8.20. The molecular formula is C32H26ClN3O4S. The molecular weight excluding hydrogens is 558 g/mol. The van der Waals surface area contributed by atoms with Crippen molar-refractivity contribution in [2.75, 3.05) is 0 Å². The van der Waals surface area contributed by atoms with Gasteiger partial charge in [-0.15, -0.1) is 0 Å². The molecule has 0 aliphatic carbocycles. The Balaban J connectivity index is 1.49. The van der Waals surface area contributed by atoms with Crippen molar-refractivity contribution in [1.82, 2.24) is 4.57 Å². The summed E-state index contributed by atoms with van der Waals surface area (Å²) >= 11 is 7.39. The summed E-state index contributed by atoms with van der Waals surface area (Å²) in [5.74, 6) is 0.131. The molecule has 7 nitrogen and oxygen atoms in total. The molecule has 3 aromatic carbocycles. The fraction of sp³-hybridized carbons (Fsp3) is 0.188. The van der Waals surface area contributed by atoms with Crippen LogP contribution < -0.4 is 19.6 Å². The molecule has 0 bridgehead atoms. The molecule has 206 valence electrons. The molecule has 0 spiro atoms. The zero-order chi connectivity index (χ0) is 29.1. The fourth-order valence-corrected chi connectivity index (χ4v) is 5.72. The minimum Gasteiger partial charge on any atom is -0.489 e. The number of fused-ring (bicyclic) bond motifs is 1. The average molecular weight is 584 g/mol. The van der Waals surface area contributed by atoms with Gasteiger partial charge in [-0.2, -0.15) is 5.26 Å². The van der Waals surface area contributed by atoms with E-state index in [-0.39, 0.29) is 18.3 Å². The van der Waals surface area contributed by atoms with Crippen LogP contribution in [0.25, 0.3) is 6.08 Å². The molecule has 0 N–H and O–H groups in total. The number of ether oxygens (including phenoxy) is 2. The van der Waals surface area contributed by atoms with Crippen LogP contribution in [0.4, 0.5) is 0 Å². The Hall–Kier alpha value is -4.45. The van der Waals surface area contributed by atoms with Crippen molar-refractivity contribution in [2.45, 2.75) is 39.5 Å². The summed E-state index contributed by atoms with van der Waals surface area (Å²) < 4.78 is 13.4. The quantitative estimate of drug-likeness (QED) is 0.276. The number of hydrogen-bond donors (Lipinski definition) is 0. The van der Waals surface area contributed by atoms with E-state index in [1.807, 2.05) is 42.5 Å². The minimum absolute atomic E-state index is 0.260. The number of thiazole rings is 1. The van der Waals surface area contributed by atoms with Crippen molar-refractivity contribution in [3.63, 3.8) is 0 Å². The summed E-state index contributed by atoms with van der Waals surface area (Å²) in [6.07, 6.45) is 1.47. The standard InChI is InChI=1S/C32H26ClN3O4S/c1-19(2)40-31(38)28-20(3)35-32-36(29(28)22-10-12-25(33)13-11-22)30(37)27(41-32)16-21-8-14-26(15-9-21)39-18-24-7-5-4-6-23(24)17-34/h4-16,19,29H,18H2,1-3H3/b27-16+/t29-/m0/s1. The first-order chi connectivity index (χ1) is 19.7. The monoisotopic (exact) mass is 583 g/mol. The van der Waals surface area contributed by atoms with Crippen molar-refractivity contribution in [1.29, 1.82) is 5.26 Å². The molecule has 5 rings (SSSR count). The van der Waals surface area contributed by atoms with Crippen LogP contribution >= 0.6 is 22.9 Å². The topological polar surface area (TPSA) is 93.7 Å². The number of carbonyl (C=O) groups is 1. The third kappa shape index (κ3) is 6.02. The maximum absolute atomic E-state index is 13.8. The van der Waals surface area contributed by atoms with E-state index in [4.69, 9.17) is 21.1 Å². The second kappa shape index (κ2) is 12.0. The number of hydrogen-bond acceptors (Lipinski definition) is 7. The van der Waals surface area contributed by atoms with E-state index < -0.39 is 12.0 Å². The molecule has 0 saturated carbocycles. The highest BCUT2D eigenvalue weighted by molar-refractivity contribution is 7.07. The highest BCUT2D eigenvalue weighted by atomic mass is 35.5. The molecule has 2 heterocycles. The van der Waals surface area contributed by atoms with Gasteiger partial charge in [0.05, 0.1) is 39.6 Å². The Morgan fingerprint density at radius 3 is 2.51 bits per heavy atom. The van der Waals surface area contributed by atoms with Crippen molar-refractivity contribution in [2.24, 2.45) is 4.99 Å². The SMILES string of the molecule is CC1=C(C(=O)OC(C)C)[C@H](c2ccc(Cl)cc2)n2c(s/c(=C/c3ccc(OCc4ccccc4C#N)cc3)c2=O)=N1. The predicted octanol–water partition coefficient (Wildman–Crippen LogP) is 5.29. The Morgan fingerprint density at radius 1 is 1.12 bits per heavy atom. The van der Waals surface area contributed by atoms with Gasteiger partial charge in [-0.25, -0.2) is 9.79 Å². The second-order valence-electron chi connectivity index (χ2n) is 9.71. The van der Waals surface area contributed by atoms with E-state index >= 15 is 0 Å². The third-order valence-corrected chi connectivity index (χ3v) is 7.72. The van der Waals surface area contributed by atoms with Crippen LogP contribution in [0.5, 0.6) is 5.75 Å². The zero-order valence-corrected chi connectivity index (χ0v) is 24.2. The number of esters is 1. The van der Waals surface area contributed by atoms with Gasteiger partial charge >= 0.3 is 5.97 Å². The van der Waals surface area contributed by atoms with E-state index in [1.165, 1.54) is 11.3 Å². The summed E-state index contributed by atoms with van der Waals surface area (Å²) in [5.41, 5.74) is 3.48. The Bertz CT molecular complexity index is 1860. The largest absolute Gasteiger partial charge is 0.489 e. The van der Waals surface area contributed by atoms with Crippen LogP contribution in [0.1, 0.15) is 49.1 Å². The van der Waals surface area contributed by atoms with Crippen LogP contribution in [0.15, 0.2) is 93.9 Å². The molecule has 41 heavy (non-hydrogen) atoms. The van der Waals surface area contributed by atoms with Gasteiger partial charge < -0.3 is 9.47 Å². The molecule has 1 aliphatic rings. The predicted molar refractivity (Wildman–Crippen MR) is 158 cm³/mol. The molecule has 0 amide bonds. The summed E-state index contributed by atoms with van der Waals surface area (Å²) in [5, 5.41) is 9.84. The Labute approximate surface area is 245 Å². The first kappa shape index (κ1) is 28.1. The number of carbonyl (C=O) groups excluding carboxylic acids is 1. The first-order valence-electron chi connectivity index (χ1n) is 12.9. The van der Waals surface area contributed by atoms with E-state index in [0.717, 1.165) is 16.7 Å². The molecule has 0 fully saturated rings. The number of rotatable bonds is 7. The zero-order valence-electron chi connectivity index (χ0n) is 22.6. The number of nitrogens with zero attached hydrogens (tertiary/aromatic N) is 3. The second-order valence-corrected chi connectivity index (χ2v) is 11.2. The van der Waals surface area contributed by atoms with Crippen LogP contribution in [-0.2, 0) is 16.1 Å². The molecule has 9 heteroatoms. The van der Waals surface area contributed by atoms with E-state index in [9.17, 15) is 14.9 Å². The van der Waals surface area contributed by atoms with Gasteiger partial charge in [0.2, 0.25) is 0 Å². The van der Waals surface area contributed by atoms with Gasteiger partial charge in [-0.1, -0.05) is 65.4 Å². The number of aromatic nitrogens is 1. The van der Waals surface area contributed by atoms with Crippen LogP contribution in [0.3, 0.4) is 0 Å². The van der Waals surface area contributed by atoms with Crippen molar-refractivity contribution >= 4 is 35.0 Å². The van der Waals surface area contributed by atoms with Gasteiger partial charge in [0.25, 0.3) is 5.56 Å². The van der Waals surface area contributed by atoms with Gasteiger partial charge in [0.1, 0.15) is 12.4 Å². The first-order valence-corrected chi connectivity index (χ1v) is 14.1. The van der Waals surface area contributed by atoms with Crippen molar-refractivity contribution in [3.05, 3.63) is 131 Å². The lowest BCUT2D eigenvalue weighted by Crippen LogP contribution is -2.40. The third-order valence-electron chi connectivity index (χ3n) is 6.48. The van der Waals surface area contributed by atoms with Gasteiger partial charge in [0.15, 0.2) is 4.80 Å². The summed E-state index contributed by atoms with van der Waals surface area (Å²) in [4.78, 5) is 32.1. The van der Waals surface area contributed by atoms with Crippen LogP contribution in [-0.4, -0.2) is 16.6 Å². The number of nitriles is 1. The number of halogens is 1. The highest BCUT2D eigenvalue weighted by Crippen LogP contribution is 2.31. The molecule has 1 aromatic heterocycles. The van der Waals surface area contributed by atoms with Gasteiger partial charge in [-0.05, 0) is 68.3 Å². The van der Waals surface area contributed by atoms with E-state index in [1.54, 1.807) is 61.7 Å². The lowest BCUT2D eigenvalue weighted by Gasteiger charge is -2.25. The average Bonchev–Trinajstić information content (AvgIpc) is 3.26. The minimum atomic E-state index is -0.705. The molecule has 0 radical (unpaired) electrons. The maximum Gasteiger partial charge on any atom is 0.338 e. The van der Waals surface area contributed by atoms with Crippen molar-refractivity contribution in [3.8, 4) is 11.8 Å². The Morgan fingerprint density at radius 2 is 1.83 bits per heavy atom. The summed E-state index contributed by atoms with van der Waals surface area (Å²) in [6.45, 7) is 5.59. The fourth-order valence-electron chi connectivity index (χ4n) is 4.55. The van der Waals surface area contributed by atoms with E-state index in [0.29, 0.717) is 36.9 Å². The maximum atomic E-state index is 13.8. The molecule has 0 saturated heterocycles. The number of allylic oxidation sites excluding steroid dienone is 1. The molecule has 1 atom stereocenters. The van der Waals surface area contributed by atoms with Gasteiger partial charge in [0, 0.05) is 10.6 Å². The smallest absolute Gasteiger partial charge is 0.338 e. The molecule has 1 aliphatic heterocycles. The summed E-state index contributed by atoms with van der Waals surface area (Å²) in [6, 6.07) is 23.2. The van der Waals surface area contributed by atoms with E-state index in [2.05, 4.69) is 11.1 Å². The molecule has 0 unspecified atom stereocenters. The normalized spacial score (nSPS) is 14.8. The molecule has 4 aromatic rings.